The standard InChI is InChI=1S/C16H19ClN2O2/c1-11-4-5-13(9-14(11)17)19-10-12(8-15(19)20)16(21)18-6-2-3-7-18/h4-5,9,12H,2-3,6-8,10H2,1H3/t12-/m0/s1. The van der Waals surface area contributed by atoms with Gasteiger partial charge in [0, 0.05) is 36.8 Å². The Hall–Kier alpha value is -1.55. The monoisotopic (exact) mass is 306 g/mol. The van der Waals surface area contributed by atoms with E-state index in [2.05, 4.69) is 0 Å². The molecule has 0 spiro atoms. The van der Waals surface area contributed by atoms with Crippen molar-refractivity contribution >= 4 is 29.1 Å². The van der Waals surface area contributed by atoms with Crippen LogP contribution >= 0.6 is 11.6 Å². The zero-order valence-corrected chi connectivity index (χ0v) is 12.9. The van der Waals surface area contributed by atoms with Crippen molar-refractivity contribution in [2.45, 2.75) is 26.2 Å². The molecular formula is C16H19ClN2O2. The van der Waals surface area contributed by atoms with Crippen LogP contribution < -0.4 is 4.90 Å². The van der Waals surface area contributed by atoms with Crippen molar-refractivity contribution < 1.29 is 9.59 Å². The predicted molar refractivity (Wildman–Crippen MR) is 82.5 cm³/mol. The molecule has 21 heavy (non-hydrogen) atoms. The third-order valence-corrected chi connectivity index (χ3v) is 4.77. The molecule has 0 N–H and O–H groups in total. The van der Waals surface area contributed by atoms with Crippen LogP contribution in [0.3, 0.4) is 0 Å². The molecule has 1 aromatic rings. The lowest BCUT2D eigenvalue weighted by molar-refractivity contribution is -0.134. The molecule has 0 radical (unpaired) electrons. The molecule has 2 fully saturated rings. The maximum Gasteiger partial charge on any atom is 0.228 e. The first-order chi connectivity index (χ1) is 10.1. The first-order valence-electron chi connectivity index (χ1n) is 7.41. The van der Waals surface area contributed by atoms with Gasteiger partial charge in [-0.1, -0.05) is 17.7 Å². The summed E-state index contributed by atoms with van der Waals surface area (Å²) in [5.74, 6) is -0.0790. The van der Waals surface area contributed by atoms with E-state index in [0.717, 1.165) is 37.2 Å². The minimum atomic E-state index is -0.212. The van der Waals surface area contributed by atoms with Crippen molar-refractivity contribution in [2.24, 2.45) is 5.92 Å². The average Bonchev–Trinajstić information content (AvgIpc) is 3.10. The van der Waals surface area contributed by atoms with E-state index in [1.807, 2.05) is 24.0 Å². The minimum Gasteiger partial charge on any atom is -0.342 e. The van der Waals surface area contributed by atoms with Crippen molar-refractivity contribution in [3.8, 4) is 0 Å². The lowest BCUT2D eigenvalue weighted by Gasteiger charge is -2.20. The highest BCUT2D eigenvalue weighted by atomic mass is 35.5. The smallest absolute Gasteiger partial charge is 0.228 e. The van der Waals surface area contributed by atoms with Crippen molar-refractivity contribution in [1.82, 2.24) is 4.90 Å². The summed E-state index contributed by atoms with van der Waals surface area (Å²) in [4.78, 5) is 28.2. The highest BCUT2D eigenvalue weighted by Crippen LogP contribution is 2.30. The number of carbonyl (C=O) groups is 2. The minimum absolute atomic E-state index is 0.00691. The Bertz CT molecular complexity index is 582. The number of halogens is 1. The van der Waals surface area contributed by atoms with Crippen LogP contribution in [0.1, 0.15) is 24.8 Å². The van der Waals surface area contributed by atoms with Crippen LogP contribution in [0.2, 0.25) is 5.02 Å². The Morgan fingerprint density at radius 1 is 1.29 bits per heavy atom. The maximum absolute atomic E-state index is 12.4. The molecule has 2 aliphatic rings. The van der Waals surface area contributed by atoms with Crippen molar-refractivity contribution in [3.63, 3.8) is 0 Å². The van der Waals surface area contributed by atoms with Crippen LogP contribution in [-0.2, 0) is 9.59 Å². The molecule has 0 bridgehead atoms. The SMILES string of the molecule is Cc1ccc(N2C[C@@H](C(=O)N3CCCC3)CC2=O)cc1Cl. The summed E-state index contributed by atoms with van der Waals surface area (Å²) in [6.45, 7) is 4.06. The van der Waals surface area contributed by atoms with Gasteiger partial charge >= 0.3 is 0 Å². The number of hydrogen-bond donors (Lipinski definition) is 0. The molecule has 0 aliphatic carbocycles. The first kappa shape index (κ1) is 14.4. The van der Waals surface area contributed by atoms with Gasteiger partial charge < -0.3 is 9.80 Å². The topological polar surface area (TPSA) is 40.6 Å². The van der Waals surface area contributed by atoms with E-state index in [1.54, 1.807) is 11.0 Å². The van der Waals surface area contributed by atoms with Gasteiger partial charge in [0.1, 0.15) is 0 Å². The fourth-order valence-corrected chi connectivity index (χ4v) is 3.24. The Morgan fingerprint density at radius 3 is 2.67 bits per heavy atom. The number of benzene rings is 1. The van der Waals surface area contributed by atoms with E-state index in [1.165, 1.54) is 0 Å². The summed E-state index contributed by atoms with van der Waals surface area (Å²) in [7, 11) is 0. The zero-order valence-electron chi connectivity index (χ0n) is 12.1. The van der Waals surface area contributed by atoms with Crippen LogP contribution in [0.15, 0.2) is 18.2 Å². The molecule has 2 aliphatic heterocycles. The molecule has 0 saturated carbocycles. The predicted octanol–water partition coefficient (Wildman–Crippen LogP) is 2.62. The van der Waals surface area contributed by atoms with Gasteiger partial charge in [0.25, 0.3) is 0 Å². The van der Waals surface area contributed by atoms with Crippen LogP contribution in [0.5, 0.6) is 0 Å². The molecule has 1 aromatic carbocycles. The quantitative estimate of drug-likeness (QED) is 0.843. The van der Waals surface area contributed by atoms with E-state index in [9.17, 15) is 9.59 Å². The molecule has 2 amide bonds. The number of likely N-dealkylation sites (tertiary alicyclic amines) is 1. The van der Waals surface area contributed by atoms with E-state index >= 15 is 0 Å². The summed E-state index contributed by atoms with van der Waals surface area (Å²) >= 11 is 6.13. The van der Waals surface area contributed by atoms with Gasteiger partial charge in [-0.2, -0.15) is 0 Å². The summed E-state index contributed by atoms with van der Waals surface area (Å²) < 4.78 is 0. The molecule has 4 nitrogen and oxygen atoms in total. The Labute approximate surface area is 129 Å². The Balaban J connectivity index is 1.74. The van der Waals surface area contributed by atoms with Crippen LogP contribution in [0, 0.1) is 12.8 Å². The lowest BCUT2D eigenvalue weighted by atomic mass is 10.1. The summed E-state index contributed by atoms with van der Waals surface area (Å²) in [6, 6.07) is 5.60. The second kappa shape index (κ2) is 5.68. The van der Waals surface area contributed by atoms with Gasteiger partial charge in [0.15, 0.2) is 0 Å². The summed E-state index contributed by atoms with van der Waals surface area (Å²) in [5, 5.41) is 0.648. The van der Waals surface area contributed by atoms with Crippen molar-refractivity contribution in [1.29, 1.82) is 0 Å². The van der Waals surface area contributed by atoms with Gasteiger partial charge in [-0.05, 0) is 37.5 Å². The zero-order chi connectivity index (χ0) is 15.0. The summed E-state index contributed by atoms with van der Waals surface area (Å²) in [6.07, 6.45) is 2.45. The average molecular weight is 307 g/mol. The van der Waals surface area contributed by atoms with E-state index in [-0.39, 0.29) is 17.7 Å². The normalized spacial score (nSPS) is 22.2. The van der Waals surface area contributed by atoms with E-state index in [0.29, 0.717) is 18.0 Å². The molecule has 2 saturated heterocycles. The second-order valence-electron chi connectivity index (χ2n) is 5.87. The highest BCUT2D eigenvalue weighted by molar-refractivity contribution is 6.31. The number of amides is 2. The third kappa shape index (κ3) is 2.77. The molecule has 1 atom stereocenters. The fourth-order valence-electron chi connectivity index (χ4n) is 3.07. The highest BCUT2D eigenvalue weighted by Gasteiger charge is 2.37. The molecule has 3 rings (SSSR count). The second-order valence-corrected chi connectivity index (χ2v) is 6.28. The van der Waals surface area contributed by atoms with E-state index < -0.39 is 0 Å². The van der Waals surface area contributed by atoms with Crippen LogP contribution in [0.4, 0.5) is 5.69 Å². The summed E-state index contributed by atoms with van der Waals surface area (Å²) in [5.41, 5.74) is 1.77. The van der Waals surface area contributed by atoms with Crippen LogP contribution in [-0.4, -0.2) is 36.3 Å². The van der Waals surface area contributed by atoms with Crippen LogP contribution in [0.25, 0.3) is 0 Å². The van der Waals surface area contributed by atoms with Gasteiger partial charge in [0.05, 0.1) is 5.92 Å². The Morgan fingerprint density at radius 2 is 2.00 bits per heavy atom. The largest absolute Gasteiger partial charge is 0.342 e. The van der Waals surface area contributed by atoms with Gasteiger partial charge in [-0.25, -0.2) is 0 Å². The number of aryl methyl sites for hydroxylation is 1. The maximum atomic E-state index is 12.4. The van der Waals surface area contributed by atoms with E-state index in [4.69, 9.17) is 11.6 Å². The molecule has 0 unspecified atom stereocenters. The van der Waals surface area contributed by atoms with Gasteiger partial charge in [0.2, 0.25) is 11.8 Å². The lowest BCUT2D eigenvalue weighted by Crippen LogP contribution is -2.35. The van der Waals surface area contributed by atoms with Crippen molar-refractivity contribution in [3.05, 3.63) is 28.8 Å². The molecule has 0 aromatic heterocycles. The van der Waals surface area contributed by atoms with Crippen molar-refractivity contribution in [2.75, 3.05) is 24.5 Å². The Kier molecular flexibility index (Phi) is 3.89. The number of rotatable bonds is 2. The molecule has 112 valence electrons. The van der Waals surface area contributed by atoms with Gasteiger partial charge in [-0.15, -0.1) is 0 Å². The first-order valence-corrected chi connectivity index (χ1v) is 7.79. The number of carbonyl (C=O) groups excluding carboxylic acids is 2. The number of hydrogen-bond acceptors (Lipinski definition) is 2. The molecule has 5 heteroatoms. The number of nitrogens with zero attached hydrogens (tertiary/aromatic N) is 2. The third-order valence-electron chi connectivity index (χ3n) is 4.36. The molecular weight excluding hydrogens is 288 g/mol. The number of anilines is 1. The van der Waals surface area contributed by atoms with Gasteiger partial charge in [-0.3, -0.25) is 9.59 Å². The fraction of sp³-hybridized carbons (Fsp3) is 0.500. The molecule has 2 heterocycles.